The van der Waals surface area contributed by atoms with Gasteiger partial charge in [0.2, 0.25) is 11.8 Å². The molecular weight excluding hydrogens is 360 g/mol. The molecule has 1 aromatic carbocycles. The second kappa shape index (κ2) is 7.63. The first kappa shape index (κ1) is 18.7. The third kappa shape index (κ3) is 3.83. The first-order valence-corrected chi connectivity index (χ1v) is 8.88. The van der Waals surface area contributed by atoms with Crippen molar-refractivity contribution < 1.29 is 24.2 Å². The van der Waals surface area contributed by atoms with Gasteiger partial charge >= 0.3 is 5.97 Å². The van der Waals surface area contributed by atoms with Crippen LogP contribution in [0.5, 0.6) is 0 Å². The number of morpholine rings is 1. The third-order valence-corrected chi connectivity index (χ3v) is 5.18. The van der Waals surface area contributed by atoms with Gasteiger partial charge in [0.15, 0.2) is 0 Å². The van der Waals surface area contributed by atoms with E-state index in [4.69, 9.17) is 21.4 Å². The zero-order chi connectivity index (χ0) is 18.8. The predicted octanol–water partition coefficient (Wildman–Crippen LogP) is 1.56. The smallest absolute Gasteiger partial charge is 0.306 e. The van der Waals surface area contributed by atoms with Crippen LogP contribution in [0.25, 0.3) is 0 Å². The average Bonchev–Trinajstić information content (AvgIpc) is 2.89. The van der Waals surface area contributed by atoms with Crippen molar-refractivity contribution in [3.05, 3.63) is 34.9 Å². The molecule has 3 atom stereocenters. The van der Waals surface area contributed by atoms with E-state index in [9.17, 15) is 14.4 Å². The molecule has 2 saturated heterocycles. The number of amides is 2. The molecular formula is C18H21ClN2O5. The number of hydrogen-bond donors (Lipinski definition) is 1. The normalized spacial score (nSPS) is 26.2. The van der Waals surface area contributed by atoms with Gasteiger partial charge in [0, 0.05) is 31.6 Å². The van der Waals surface area contributed by atoms with Crippen LogP contribution >= 0.6 is 11.6 Å². The summed E-state index contributed by atoms with van der Waals surface area (Å²) in [6, 6.07) is 6.80. The Bertz CT molecular complexity index is 725. The summed E-state index contributed by atoms with van der Waals surface area (Å²) >= 11 is 6.08. The van der Waals surface area contributed by atoms with E-state index in [0.717, 1.165) is 5.56 Å². The summed E-state index contributed by atoms with van der Waals surface area (Å²) in [5.41, 5.74) is 0.819. The first-order chi connectivity index (χ1) is 12.4. The molecule has 3 rings (SSSR count). The van der Waals surface area contributed by atoms with Gasteiger partial charge in [-0.25, -0.2) is 0 Å². The lowest BCUT2D eigenvalue weighted by atomic mass is 9.92. The molecule has 0 aromatic heterocycles. The van der Waals surface area contributed by atoms with Gasteiger partial charge in [0.05, 0.1) is 31.1 Å². The van der Waals surface area contributed by atoms with Gasteiger partial charge in [-0.3, -0.25) is 14.4 Å². The number of aliphatic carboxylic acids is 1. The Morgan fingerprint density at radius 1 is 1.38 bits per heavy atom. The number of rotatable bonds is 4. The number of likely N-dealkylation sites (tertiary alicyclic amines) is 1. The molecule has 0 spiro atoms. The zero-order valence-electron chi connectivity index (χ0n) is 14.4. The molecule has 1 aromatic rings. The van der Waals surface area contributed by atoms with E-state index in [1.165, 1.54) is 0 Å². The molecule has 2 heterocycles. The number of carbonyl (C=O) groups excluding carboxylic acids is 2. The summed E-state index contributed by atoms with van der Waals surface area (Å²) in [7, 11) is 1.69. The van der Waals surface area contributed by atoms with Crippen molar-refractivity contribution in [3.8, 4) is 0 Å². The minimum absolute atomic E-state index is 0.0938. The lowest BCUT2D eigenvalue weighted by Gasteiger charge is -2.35. The van der Waals surface area contributed by atoms with Crippen LogP contribution in [-0.2, 0) is 19.1 Å². The Morgan fingerprint density at radius 3 is 2.85 bits per heavy atom. The number of carbonyl (C=O) groups is 3. The summed E-state index contributed by atoms with van der Waals surface area (Å²) in [6.07, 6.45) is -0.539. The van der Waals surface area contributed by atoms with Gasteiger partial charge in [-0.15, -0.1) is 0 Å². The molecule has 1 N–H and O–H groups in total. The van der Waals surface area contributed by atoms with E-state index in [0.29, 0.717) is 18.2 Å². The molecule has 26 heavy (non-hydrogen) atoms. The van der Waals surface area contributed by atoms with E-state index in [-0.39, 0.29) is 37.2 Å². The van der Waals surface area contributed by atoms with Crippen molar-refractivity contribution >= 4 is 29.4 Å². The fourth-order valence-corrected chi connectivity index (χ4v) is 3.91. The maximum atomic E-state index is 13.1. The molecule has 2 fully saturated rings. The van der Waals surface area contributed by atoms with Crippen molar-refractivity contribution in [2.24, 2.45) is 5.92 Å². The molecule has 0 saturated carbocycles. The lowest BCUT2D eigenvalue weighted by molar-refractivity contribution is -0.150. The number of halogens is 1. The summed E-state index contributed by atoms with van der Waals surface area (Å²) in [6.45, 7) is 0.912. The van der Waals surface area contributed by atoms with Gasteiger partial charge in [0.25, 0.3) is 0 Å². The molecule has 2 amide bonds. The van der Waals surface area contributed by atoms with Crippen LogP contribution in [0.2, 0.25) is 5.02 Å². The number of carboxylic acid groups (broad SMARTS) is 1. The average molecular weight is 381 g/mol. The number of hydrogen-bond acceptors (Lipinski definition) is 4. The predicted molar refractivity (Wildman–Crippen MR) is 93.6 cm³/mol. The van der Waals surface area contributed by atoms with Crippen molar-refractivity contribution in [1.82, 2.24) is 9.80 Å². The van der Waals surface area contributed by atoms with Crippen LogP contribution in [0, 0.1) is 5.92 Å². The molecule has 0 unspecified atom stereocenters. The highest BCUT2D eigenvalue weighted by molar-refractivity contribution is 6.30. The number of carboxylic acids is 1. The van der Waals surface area contributed by atoms with Gasteiger partial charge in [0.1, 0.15) is 0 Å². The molecule has 8 heteroatoms. The fourth-order valence-electron chi connectivity index (χ4n) is 3.71. The summed E-state index contributed by atoms with van der Waals surface area (Å²) < 4.78 is 5.43. The summed E-state index contributed by atoms with van der Waals surface area (Å²) in [4.78, 5) is 39.5. The Hall–Kier alpha value is -2.12. The number of ether oxygens (including phenoxy) is 1. The maximum Gasteiger partial charge on any atom is 0.306 e. The minimum Gasteiger partial charge on any atom is -0.481 e. The largest absolute Gasteiger partial charge is 0.481 e. The van der Waals surface area contributed by atoms with E-state index in [2.05, 4.69) is 0 Å². The highest BCUT2D eigenvalue weighted by Crippen LogP contribution is 2.39. The fraction of sp³-hybridized carbons (Fsp3) is 0.500. The van der Waals surface area contributed by atoms with Crippen LogP contribution in [0.15, 0.2) is 24.3 Å². The van der Waals surface area contributed by atoms with Gasteiger partial charge in [-0.2, -0.15) is 0 Å². The van der Waals surface area contributed by atoms with Crippen LogP contribution in [-0.4, -0.2) is 65.5 Å². The number of nitrogens with zero attached hydrogens (tertiary/aromatic N) is 2. The van der Waals surface area contributed by atoms with E-state index in [1.807, 2.05) is 6.07 Å². The quantitative estimate of drug-likeness (QED) is 0.856. The van der Waals surface area contributed by atoms with Gasteiger partial charge in [-0.1, -0.05) is 23.7 Å². The lowest BCUT2D eigenvalue weighted by Crippen LogP contribution is -2.49. The maximum absolute atomic E-state index is 13.1. The second-order valence-electron chi connectivity index (χ2n) is 6.69. The standard InChI is InChI=1S/C18H21ClN2O5/c1-20-15(22)9-14(17(20)11-3-2-4-12(19)7-11)18(25)21-5-6-26-13(10-21)8-16(23)24/h2-4,7,13-14,17H,5-6,8-10H2,1H3,(H,23,24)/t13-,14-,17-/m0/s1. The van der Waals surface area contributed by atoms with Crippen LogP contribution < -0.4 is 0 Å². The monoisotopic (exact) mass is 380 g/mol. The molecule has 2 aliphatic heterocycles. The Balaban J connectivity index is 1.80. The molecule has 140 valence electrons. The van der Waals surface area contributed by atoms with Crippen LogP contribution in [0.3, 0.4) is 0 Å². The molecule has 0 aliphatic carbocycles. The number of benzene rings is 1. The summed E-state index contributed by atoms with van der Waals surface area (Å²) in [5.74, 6) is -1.72. The van der Waals surface area contributed by atoms with Gasteiger partial charge < -0.3 is 19.6 Å². The Labute approximate surface area is 156 Å². The zero-order valence-corrected chi connectivity index (χ0v) is 15.2. The van der Waals surface area contributed by atoms with Crippen LogP contribution in [0.4, 0.5) is 0 Å². The summed E-state index contributed by atoms with van der Waals surface area (Å²) in [5, 5.41) is 9.49. The molecule has 0 radical (unpaired) electrons. The van der Waals surface area contributed by atoms with E-state index < -0.39 is 18.0 Å². The third-order valence-electron chi connectivity index (χ3n) is 4.95. The molecule has 0 bridgehead atoms. The van der Waals surface area contributed by atoms with E-state index in [1.54, 1.807) is 35.0 Å². The highest BCUT2D eigenvalue weighted by Gasteiger charge is 2.45. The van der Waals surface area contributed by atoms with E-state index >= 15 is 0 Å². The SMILES string of the molecule is CN1C(=O)C[C@H](C(=O)N2CCO[C@@H](CC(=O)O)C2)[C@@H]1c1cccc(Cl)c1. The van der Waals surface area contributed by atoms with Gasteiger partial charge in [-0.05, 0) is 17.7 Å². The van der Waals surface area contributed by atoms with Crippen LogP contribution in [0.1, 0.15) is 24.4 Å². The molecule has 2 aliphatic rings. The molecule has 7 nitrogen and oxygen atoms in total. The highest BCUT2D eigenvalue weighted by atomic mass is 35.5. The first-order valence-electron chi connectivity index (χ1n) is 8.50. The topological polar surface area (TPSA) is 87.2 Å². The van der Waals surface area contributed by atoms with Crippen molar-refractivity contribution in [2.45, 2.75) is 25.0 Å². The second-order valence-corrected chi connectivity index (χ2v) is 7.13. The Morgan fingerprint density at radius 2 is 2.15 bits per heavy atom. The van der Waals surface area contributed by atoms with Crippen molar-refractivity contribution in [1.29, 1.82) is 0 Å². The van der Waals surface area contributed by atoms with Crippen molar-refractivity contribution in [3.63, 3.8) is 0 Å². The Kier molecular flexibility index (Phi) is 5.48. The van der Waals surface area contributed by atoms with Crippen molar-refractivity contribution in [2.75, 3.05) is 26.7 Å². The minimum atomic E-state index is -0.961.